The fourth-order valence-electron chi connectivity index (χ4n) is 0.947. The third-order valence-electron chi connectivity index (χ3n) is 1.48. The summed E-state index contributed by atoms with van der Waals surface area (Å²) in [5, 5.41) is 0. The minimum atomic E-state index is 0. The molecule has 0 amide bonds. The molecule has 4 heteroatoms. The van der Waals surface area contributed by atoms with Crippen LogP contribution in [0.5, 0.6) is 17.2 Å². The summed E-state index contributed by atoms with van der Waals surface area (Å²) in [5.41, 5.74) is 0. The van der Waals surface area contributed by atoms with Crippen LogP contribution in [0.25, 0.3) is 0 Å². The first-order valence-corrected chi connectivity index (χ1v) is 3.25. The minimum Gasteiger partial charge on any atom is -0.562 e. The van der Waals surface area contributed by atoms with Gasteiger partial charge in [-0.15, -0.1) is 6.07 Å². The smallest absolute Gasteiger partial charge is 0.562 e. The van der Waals surface area contributed by atoms with Crippen molar-refractivity contribution in [3.05, 3.63) is 19.6 Å². The van der Waals surface area contributed by atoms with Gasteiger partial charge in [-0.25, -0.2) is 0 Å². The monoisotopic (exact) mass is 218 g/mol. The van der Waals surface area contributed by atoms with Gasteiger partial charge < -0.3 is 21.6 Å². The number of ether oxygens (including phenoxy) is 3. The molecule has 3 nitrogen and oxygen atoms in total. The Morgan fingerprint density at radius 3 is 2.15 bits per heavy atom. The maximum atomic E-state index is 5.05. The van der Waals surface area contributed by atoms with Crippen molar-refractivity contribution in [1.29, 1.82) is 0 Å². The van der Waals surface area contributed by atoms with Gasteiger partial charge in [-0.3, -0.25) is 0 Å². The predicted molar refractivity (Wildman–Crippen MR) is 48.1 cm³/mol. The Balaban J connectivity index is 0. The Kier molecular flexibility index (Phi) is 7.97. The van der Waals surface area contributed by atoms with E-state index in [-0.39, 0.29) is 29.1 Å². The summed E-state index contributed by atoms with van der Waals surface area (Å²) in [7, 11) is 4.77. The predicted octanol–water partition coefficient (Wildman–Crippen LogP) is 1.88. The second-order valence-corrected chi connectivity index (χ2v) is 2.00. The Morgan fingerprint density at radius 2 is 1.77 bits per heavy atom. The van der Waals surface area contributed by atoms with Gasteiger partial charge in [0.25, 0.3) is 0 Å². The van der Waals surface area contributed by atoms with Crippen molar-refractivity contribution in [2.75, 3.05) is 21.3 Å². The summed E-state index contributed by atoms with van der Waals surface area (Å²) >= 11 is 0. The zero-order valence-corrected chi connectivity index (χ0v) is 9.94. The van der Waals surface area contributed by atoms with E-state index in [2.05, 4.69) is 0 Å². The molecule has 1 aromatic rings. The van der Waals surface area contributed by atoms with E-state index in [0.29, 0.717) is 17.2 Å². The van der Waals surface area contributed by atoms with Crippen LogP contribution in [0.1, 0.15) is 0 Å². The number of hydrogen-bond donors (Lipinski definition) is 0. The molecule has 1 aromatic carbocycles. The van der Waals surface area contributed by atoms with Crippen molar-refractivity contribution < 1.29 is 35.9 Å². The van der Waals surface area contributed by atoms with Crippen molar-refractivity contribution >= 4 is 0 Å². The fourth-order valence-corrected chi connectivity index (χ4v) is 0.947. The van der Waals surface area contributed by atoms with E-state index in [4.69, 9.17) is 14.2 Å². The molecule has 0 N–H and O–H groups in total. The van der Waals surface area contributed by atoms with Crippen LogP contribution in [-0.4, -0.2) is 21.3 Å². The maximum absolute atomic E-state index is 5.05. The normalized spacial score (nSPS) is 7.92. The first-order chi connectivity index (χ1) is 5.33. The van der Waals surface area contributed by atoms with Gasteiger partial charge in [-0.05, 0) is 0 Å². The molecule has 0 aromatic heterocycles. The zero-order valence-electron chi connectivity index (χ0n) is 8.38. The summed E-state index contributed by atoms with van der Waals surface area (Å²) in [6.45, 7) is 0. The van der Waals surface area contributed by atoms with Crippen LogP contribution in [0.3, 0.4) is 0 Å². The van der Waals surface area contributed by atoms with Gasteiger partial charge >= 0.3 is 21.7 Å². The molecule has 0 radical (unpaired) electrons. The topological polar surface area (TPSA) is 27.7 Å². The van der Waals surface area contributed by atoms with Crippen LogP contribution >= 0.6 is 0 Å². The molecule has 0 aliphatic heterocycles. The molecule has 0 atom stereocenters. The van der Waals surface area contributed by atoms with E-state index in [1.807, 2.05) is 0 Å². The third-order valence-corrected chi connectivity index (χ3v) is 1.48. The summed E-state index contributed by atoms with van der Waals surface area (Å²) in [6, 6.07) is 3.61. The Labute approximate surface area is 94.2 Å². The SMILES string of the molecule is COc1cc[c-](OC)c1OC.[CH3-].[Ti+2]. The molecular weight excluding hydrogens is 204 g/mol. The largest absolute Gasteiger partial charge is 2.00 e. The van der Waals surface area contributed by atoms with Gasteiger partial charge in [0.05, 0.1) is 27.1 Å². The van der Waals surface area contributed by atoms with Crippen LogP contribution in [0.4, 0.5) is 0 Å². The quantitative estimate of drug-likeness (QED) is 0.572. The Bertz CT molecular complexity index is 211. The second-order valence-electron chi connectivity index (χ2n) is 2.00. The first kappa shape index (κ1) is 15.0. The first-order valence-electron chi connectivity index (χ1n) is 3.25. The van der Waals surface area contributed by atoms with E-state index >= 15 is 0 Å². The number of hydrogen-bond acceptors (Lipinski definition) is 3. The van der Waals surface area contributed by atoms with Gasteiger partial charge in [0, 0.05) is 11.5 Å². The number of rotatable bonds is 3. The number of methoxy groups -OCH3 is 3. The third kappa shape index (κ3) is 3.01. The summed E-state index contributed by atoms with van der Waals surface area (Å²) < 4.78 is 15.1. The molecule has 72 valence electrons. The molecule has 1 rings (SSSR count). The molecule has 0 aliphatic carbocycles. The molecule has 0 aliphatic rings. The molecular formula is C9H14O3Ti. The standard InChI is InChI=1S/C8H11O3.CH3.Ti/c1-9-6-4-5-7(10-2)8(6)11-3;;/h4-5H,1-3H3;1H3;/q2*-1;+2. The van der Waals surface area contributed by atoms with Crippen LogP contribution in [0, 0.1) is 7.43 Å². The average molecular weight is 218 g/mol. The Morgan fingerprint density at radius 1 is 1.15 bits per heavy atom. The van der Waals surface area contributed by atoms with Gasteiger partial charge in [0.1, 0.15) is 0 Å². The summed E-state index contributed by atoms with van der Waals surface area (Å²) in [6.07, 6.45) is 0. The molecule has 0 bridgehead atoms. The van der Waals surface area contributed by atoms with Crippen molar-refractivity contribution in [2.24, 2.45) is 0 Å². The van der Waals surface area contributed by atoms with Crippen molar-refractivity contribution in [3.8, 4) is 17.2 Å². The molecule has 0 unspecified atom stereocenters. The van der Waals surface area contributed by atoms with Gasteiger partial charge in [-0.1, -0.05) is 0 Å². The molecule has 13 heavy (non-hydrogen) atoms. The van der Waals surface area contributed by atoms with E-state index in [0.717, 1.165) is 0 Å². The minimum absolute atomic E-state index is 0. The van der Waals surface area contributed by atoms with Crippen molar-refractivity contribution in [2.45, 2.75) is 0 Å². The van der Waals surface area contributed by atoms with Gasteiger partial charge in [0.2, 0.25) is 0 Å². The van der Waals surface area contributed by atoms with Crippen LogP contribution in [0.2, 0.25) is 0 Å². The molecule has 0 saturated heterocycles. The van der Waals surface area contributed by atoms with E-state index in [1.165, 1.54) is 0 Å². The molecule has 0 fully saturated rings. The van der Waals surface area contributed by atoms with E-state index in [1.54, 1.807) is 33.5 Å². The van der Waals surface area contributed by atoms with E-state index < -0.39 is 0 Å². The zero-order chi connectivity index (χ0) is 8.27. The fraction of sp³-hybridized carbons (Fsp3) is 0.333. The second kappa shape index (κ2) is 6.92. The van der Waals surface area contributed by atoms with Crippen LogP contribution in [-0.2, 0) is 21.7 Å². The maximum Gasteiger partial charge on any atom is 2.00 e. The van der Waals surface area contributed by atoms with E-state index in [9.17, 15) is 0 Å². The van der Waals surface area contributed by atoms with Gasteiger partial charge in [0.15, 0.2) is 0 Å². The average Bonchev–Trinajstić information content (AvgIpc) is 2.45. The van der Waals surface area contributed by atoms with Crippen LogP contribution in [0.15, 0.2) is 12.1 Å². The summed E-state index contributed by atoms with van der Waals surface area (Å²) in [4.78, 5) is 0. The van der Waals surface area contributed by atoms with Crippen molar-refractivity contribution in [3.63, 3.8) is 0 Å². The Hall–Kier alpha value is -0.536. The molecule has 0 saturated carbocycles. The van der Waals surface area contributed by atoms with Gasteiger partial charge in [-0.2, -0.15) is 6.07 Å². The summed E-state index contributed by atoms with van der Waals surface area (Å²) in [5.74, 6) is 2.05. The van der Waals surface area contributed by atoms with Crippen LogP contribution < -0.4 is 14.2 Å². The molecule has 0 heterocycles. The molecule has 0 spiro atoms. The van der Waals surface area contributed by atoms with Crippen molar-refractivity contribution in [1.82, 2.24) is 0 Å².